The zero-order chi connectivity index (χ0) is 19.4. The van der Waals surface area contributed by atoms with E-state index in [1.165, 1.54) is 52.3 Å². The molecule has 1 nitrogen and oxygen atoms in total. The standard InChI is InChI=1S/C14H14OS12/c1-16-6-7(17-2)23-12(22-6)13-24-8(18-3)10(25-13)20-5-21-11-9(19-4)26-14(15)27-11/h5H2,1-4H3. The summed E-state index contributed by atoms with van der Waals surface area (Å²) < 4.78 is 11.0. The second kappa shape index (κ2) is 12.0. The number of thioether (sulfide) groups is 10. The summed E-state index contributed by atoms with van der Waals surface area (Å²) in [4.78, 5) is 11.6. The largest absolute Gasteiger partial charge is 0.289 e. The average molecular weight is 583 g/mol. The second-order valence-corrected chi connectivity index (χ2v) is 18.4. The van der Waals surface area contributed by atoms with Crippen molar-refractivity contribution < 1.29 is 0 Å². The average Bonchev–Trinajstić information content (AvgIpc) is 3.37. The maximum Gasteiger partial charge on any atom is 0.289 e. The lowest BCUT2D eigenvalue weighted by Gasteiger charge is -2.03. The Morgan fingerprint density at radius 2 is 1.11 bits per heavy atom. The molecule has 0 N–H and O–H groups in total. The zero-order valence-corrected chi connectivity index (χ0v) is 24.3. The van der Waals surface area contributed by atoms with Crippen molar-refractivity contribution in [2.75, 3.05) is 30.1 Å². The van der Waals surface area contributed by atoms with Gasteiger partial charge in [-0.25, -0.2) is 0 Å². The Balaban J connectivity index is 1.63. The zero-order valence-electron chi connectivity index (χ0n) is 14.5. The van der Waals surface area contributed by atoms with E-state index in [0.29, 0.717) is 0 Å². The van der Waals surface area contributed by atoms with Crippen molar-refractivity contribution in [3.05, 3.63) is 34.3 Å². The summed E-state index contributed by atoms with van der Waals surface area (Å²) >= 11 is 21.4. The van der Waals surface area contributed by atoms with Crippen molar-refractivity contribution in [1.82, 2.24) is 0 Å². The van der Waals surface area contributed by atoms with Gasteiger partial charge in [-0.15, -0.1) is 70.6 Å². The van der Waals surface area contributed by atoms with Gasteiger partial charge in [0, 0.05) is 0 Å². The van der Waals surface area contributed by atoms with Crippen molar-refractivity contribution >= 4 is 140 Å². The summed E-state index contributed by atoms with van der Waals surface area (Å²) in [5.41, 5.74) is 0. The minimum Gasteiger partial charge on any atom is -0.265 e. The van der Waals surface area contributed by atoms with Crippen LogP contribution in [0.4, 0.5) is 0 Å². The summed E-state index contributed by atoms with van der Waals surface area (Å²) in [5, 5.41) is 0.945. The van der Waals surface area contributed by atoms with Crippen LogP contribution in [0.3, 0.4) is 0 Å². The van der Waals surface area contributed by atoms with Crippen LogP contribution in [-0.4, -0.2) is 30.1 Å². The topological polar surface area (TPSA) is 17.1 Å². The highest BCUT2D eigenvalue weighted by Gasteiger charge is 2.29. The Morgan fingerprint density at radius 1 is 0.630 bits per heavy atom. The van der Waals surface area contributed by atoms with Crippen LogP contribution in [0.15, 0.2) is 38.6 Å². The summed E-state index contributed by atoms with van der Waals surface area (Å²) in [6.07, 6.45) is 8.53. The van der Waals surface area contributed by atoms with E-state index >= 15 is 0 Å². The van der Waals surface area contributed by atoms with Crippen molar-refractivity contribution in [3.8, 4) is 0 Å². The molecule has 0 amide bonds. The smallest absolute Gasteiger partial charge is 0.265 e. The van der Waals surface area contributed by atoms with Crippen LogP contribution in [0, 0.1) is 0 Å². The van der Waals surface area contributed by atoms with Gasteiger partial charge in [0.25, 0.3) is 4.06 Å². The summed E-state index contributed by atoms with van der Waals surface area (Å²) in [5.74, 6) is 0. The minimum absolute atomic E-state index is 0.200. The molecule has 0 saturated carbocycles. The van der Waals surface area contributed by atoms with Crippen molar-refractivity contribution in [1.29, 1.82) is 0 Å². The quantitative estimate of drug-likeness (QED) is 0.216. The highest BCUT2D eigenvalue weighted by Crippen LogP contribution is 2.65. The van der Waals surface area contributed by atoms with Crippen molar-refractivity contribution in [2.45, 2.75) is 8.42 Å². The SMILES string of the molecule is CSC1=C(SC)SC(=C2SC(SC)=C(SCSc3sc(=O)sc3SC)S2)S1. The molecule has 27 heavy (non-hydrogen) atoms. The first-order chi connectivity index (χ1) is 13.1. The molecule has 3 heterocycles. The first-order valence-corrected chi connectivity index (χ1v) is 18.9. The fraction of sp³-hybridized carbons (Fsp3) is 0.357. The Morgan fingerprint density at radius 3 is 1.63 bits per heavy atom. The van der Waals surface area contributed by atoms with Crippen LogP contribution in [0.2, 0.25) is 0 Å². The normalized spacial score (nSPS) is 17.8. The molecule has 13 heteroatoms. The molecule has 0 aliphatic carbocycles. The van der Waals surface area contributed by atoms with Gasteiger partial charge < -0.3 is 0 Å². The molecule has 0 aromatic carbocycles. The molecule has 0 spiro atoms. The summed E-state index contributed by atoms with van der Waals surface area (Å²) in [6.45, 7) is 0. The molecule has 0 radical (unpaired) electrons. The van der Waals surface area contributed by atoms with Gasteiger partial charge in [-0.1, -0.05) is 69.7 Å². The third kappa shape index (κ3) is 6.30. The Bertz CT molecular complexity index is 827. The Hall–Kier alpha value is 2.57. The van der Waals surface area contributed by atoms with Crippen LogP contribution in [0.1, 0.15) is 0 Å². The predicted molar refractivity (Wildman–Crippen MR) is 151 cm³/mol. The van der Waals surface area contributed by atoms with E-state index in [1.54, 1.807) is 23.5 Å². The first-order valence-electron chi connectivity index (χ1n) is 7.09. The van der Waals surface area contributed by atoms with Gasteiger partial charge in [0.05, 0.1) is 38.9 Å². The number of hydrogen-bond donors (Lipinski definition) is 0. The summed E-state index contributed by atoms with van der Waals surface area (Å²) in [6, 6.07) is 0. The molecule has 3 rings (SSSR count). The minimum atomic E-state index is 0.200. The van der Waals surface area contributed by atoms with Gasteiger partial charge in [0.15, 0.2) is 0 Å². The van der Waals surface area contributed by atoms with E-state index < -0.39 is 0 Å². The van der Waals surface area contributed by atoms with Crippen LogP contribution in [0.25, 0.3) is 0 Å². The Kier molecular flexibility index (Phi) is 10.7. The van der Waals surface area contributed by atoms with E-state index in [2.05, 4.69) is 18.8 Å². The molecule has 0 fully saturated rings. The van der Waals surface area contributed by atoms with Gasteiger partial charge in [0.2, 0.25) is 0 Å². The fourth-order valence-electron chi connectivity index (χ4n) is 1.78. The highest BCUT2D eigenvalue weighted by molar-refractivity contribution is 8.45. The third-order valence-corrected chi connectivity index (χ3v) is 19.1. The monoisotopic (exact) mass is 582 g/mol. The maximum atomic E-state index is 11.6. The predicted octanol–water partition coefficient (Wildman–Crippen LogP) is 9.10. The lowest BCUT2D eigenvalue weighted by molar-refractivity contribution is 1.53. The molecule has 1 aromatic rings. The van der Waals surface area contributed by atoms with Crippen LogP contribution < -0.4 is 4.06 Å². The Labute approximate surface area is 210 Å². The molecule has 2 aliphatic heterocycles. The molecule has 0 bridgehead atoms. The van der Waals surface area contributed by atoms with Crippen molar-refractivity contribution in [2.24, 2.45) is 0 Å². The van der Waals surface area contributed by atoms with E-state index in [4.69, 9.17) is 0 Å². The van der Waals surface area contributed by atoms with Gasteiger partial charge in [-0.05, 0) is 25.0 Å². The molecular formula is C14H14OS12. The lowest BCUT2D eigenvalue weighted by Crippen LogP contribution is -1.75. The van der Waals surface area contributed by atoms with Crippen LogP contribution >= 0.6 is 140 Å². The fourth-order valence-corrected chi connectivity index (χ4v) is 17.9. The molecule has 1 aromatic heterocycles. The molecule has 0 unspecified atom stereocenters. The van der Waals surface area contributed by atoms with Gasteiger partial charge in [-0.2, -0.15) is 0 Å². The number of rotatable bonds is 8. The summed E-state index contributed by atoms with van der Waals surface area (Å²) in [7, 11) is 0. The van der Waals surface area contributed by atoms with Crippen LogP contribution in [-0.2, 0) is 0 Å². The van der Waals surface area contributed by atoms with Crippen molar-refractivity contribution in [3.63, 3.8) is 0 Å². The molecule has 0 saturated heterocycles. The second-order valence-electron chi connectivity index (χ2n) is 4.39. The van der Waals surface area contributed by atoms with Gasteiger partial charge in [0.1, 0.15) is 0 Å². The third-order valence-electron chi connectivity index (χ3n) is 2.88. The van der Waals surface area contributed by atoms with E-state index in [0.717, 1.165) is 9.29 Å². The van der Waals surface area contributed by atoms with E-state index in [1.807, 2.05) is 100 Å². The van der Waals surface area contributed by atoms with Gasteiger partial charge >= 0.3 is 0 Å². The molecular weight excluding hydrogens is 569 g/mol. The lowest BCUT2D eigenvalue weighted by atomic mass is 11.1. The molecule has 2 aliphatic rings. The first kappa shape index (κ1) is 24.2. The van der Waals surface area contributed by atoms with Gasteiger partial charge in [-0.3, -0.25) is 4.79 Å². The molecule has 0 atom stereocenters. The van der Waals surface area contributed by atoms with E-state index in [9.17, 15) is 4.79 Å². The molecule has 148 valence electrons. The van der Waals surface area contributed by atoms with E-state index in [-0.39, 0.29) is 4.06 Å². The highest BCUT2D eigenvalue weighted by atomic mass is 32.3. The number of hydrogen-bond acceptors (Lipinski definition) is 13. The van der Waals surface area contributed by atoms with Crippen LogP contribution in [0.5, 0.6) is 0 Å². The maximum absolute atomic E-state index is 11.6.